The van der Waals surface area contributed by atoms with Gasteiger partial charge in [-0.3, -0.25) is 4.79 Å². The molecule has 2 aromatic rings. The van der Waals surface area contributed by atoms with E-state index in [1.807, 2.05) is 0 Å². The van der Waals surface area contributed by atoms with Gasteiger partial charge in [-0.05, 0) is 25.5 Å². The third kappa shape index (κ3) is 2.96. The van der Waals surface area contributed by atoms with E-state index in [0.717, 1.165) is 11.2 Å². The largest absolute Gasteiger partial charge is 0.502 e. The second kappa shape index (κ2) is 5.31. The standard InChI is InChI=1S/C14H14O3S/c1-9-3-4-14(10(2)5-9)18-8-11-6-12(15)13(16)7-17-11/h3-7,16H,8H2,1-2H3. The highest BCUT2D eigenvalue weighted by Gasteiger charge is 2.04. The normalized spacial score (nSPS) is 10.6. The van der Waals surface area contributed by atoms with E-state index in [1.165, 1.54) is 17.2 Å². The summed E-state index contributed by atoms with van der Waals surface area (Å²) in [6.07, 6.45) is 1.08. The molecule has 0 fully saturated rings. The molecule has 1 aromatic heterocycles. The Morgan fingerprint density at radius 1 is 1.28 bits per heavy atom. The van der Waals surface area contributed by atoms with Gasteiger partial charge in [0.15, 0.2) is 5.75 Å². The van der Waals surface area contributed by atoms with E-state index >= 15 is 0 Å². The maximum Gasteiger partial charge on any atom is 0.226 e. The van der Waals surface area contributed by atoms with Gasteiger partial charge >= 0.3 is 0 Å². The van der Waals surface area contributed by atoms with Crippen LogP contribution in [-0.2, 0) is 5.75 Å². The molecule has 0 unspecified atom stereocenters. The quantitative estimate of drug-likeness (QED) is 0.863. The minimum Gasteiger partial charge on any atom is -0.502 e. The monoisotopic (exact) mass is 262 g/mol. The van der Waals surface area contributed by atoms with Crippen LogP contribution >= 0.6 is 11.8 Å². The molecule has 1 heterocycles. The molecule has 0 aliphatic carbocycles. The van der Waals surface area contributed by atoms with Crippen molar-refractivity contribution in [2.45, 2.75) is 24.5 Å². The molecule has 0 aliphatic rings. The van der Waals surface area contributed by atoms with Crippen molar-refractivity contribution in [1.82, 2.24) is 0 Å². The summed E-state index contributed by atoms with van der Waals surface area (Å²) in [7, 11) is 0. The first-order valence-corrected chi connectivity index (χ1v) is 6.55. The van der Waals surface area contributed by atoms with Crippen LogP contribution in [0.15, 0.2) is 44.6 Å². The Hall–Kier alpha value is -1.68. The lowest BCUT2D eigenvalue weighted by molar-refractivity contribution is 0.419. The molecule has 3 nitrogen and oxygen atoms in total. The van der Waals surface area contributed by atoms with Gasteiger partial charge in [-0.25, -0.2) is 0 Å². The van der Waals surface area contributed by atoms with Crippen LogP contribution < -0.4 is 5.43 Å². The topological polar surface area (TPSA) is 50.4 Å². The van der Waals surface area contributed by atoms with E-state index in [0.29, 0.717) is 11.5 Å². The van der Waals surface area contributed by atoms with Crippen molar-refractivity contribution in [3.05, 3.63) is 57.6 Å². The van der Waals surface area contributed by atoms with E-state index in [9.17, 15) is 4.79 Å². The zero-order chi connectivity index (χ0) is 13.1. The Morgan fingerprint density at radius 2 is 2.06 bits per heavy atom. The second-order valence-corrected chi connectivity index (χ2v) is 5.17. The molecule has 0 bridgehead atoms. The summed E-state index contributed by atoms with van der Waals surface area (Å²) in [6, 6.07) is 7.57. The van der Waals surface area contributed by atoms with Gasteiger partial charge in [0.05, 0.1) is 5.75 Å². The molecule has 1 aromatic carbocycles. The predicted molar refractivity (Wildman–Crippen MR) is 72.1 cm³/mol. The van der Waals surface area contributed by atoms with E-state index in [2.05, 4.69) is 32.0 Å². The van der Waals surface area contributed by atoms with E-state index in [1.54, 1.807) is 11.8 Å². The van der Waals surface area contributed by atoms with Crippen molar-refractivity contribution in [1.29, 1.82) is 0 Å². The Bertz CT molecular complexity index is 617. The Labute approximate surface area is 109 Å². The van der Waals surface area contributed by atoms with Gasteiger partial charge in [0.1, 0.15) is 12.0 Å². The van der Waals surface area contributed by atoms with Crippen molar-refractivity contribution in [3.63, 3.8) is 0 Å². The van der Waals surface area contributed by atoms with Crippen LogP contribution in [0.4, 0.5) is 0 Å². The first-order valence-electron chi connectivity index (χ1n) is 5.57. The summed E-state index contributed by atoms with van der Waals surface area (Å²) in [4.78, 5) is 12.4. The van der Waals surface area contributed by atoms with Crippen LogP contribution in [0.5, 0.6) is 5.75 Å². The average molecular weight is 262 g/mol. The van der Waals surface area contributed by atoms with Crippen molar-refractivity contribution in [2.24, 2.45) is 0 Å². The summed E-state index contributed by atoms with van der Waals surface area (Å²) in [6.45, 7) is 4.11. The minimum absolute atomic E-state index is 0.352. The molecule has 94 valence electrons. The van der Waals surface area contributed by atoms with E-state index < -0.39 is 5.43 Å². The molecular formula is C14H14O3S. The fourth-order valence-corrected chi connectivity index (χ4v) is 2.53. The van der Waals surface area contributed by atoms with Crippen molar-refractivity contribution in [3.8, 4) is 5.75 Å². The summed E-state index contributed by atoms with van der Waals surface area (Å²) in [5.74, 6) is 0.775. The van der Waals surface area contributed by atoms with Gasteiger partial charge in [0, 0.05) is 11.0 Å². The molecule has 18 heavy (non-hydrogen) atoms. The number of rotatable bonds is 3. The second-order valence-electron chi connectivity index (χ2n) is 4.15. The highest BCUT2D eigenvalue weighted by molar-refractivity contribution is 7.98. The lowest BCUT2D eigenvalue weighted by Crippen LogP contribution is -1.99. The van der Waals surface area contributed by atoms with Crippen LogP contribution in [0.25, 0.3) is 0 Å². The number of benzene rings is 1. The summed E-state index contributed by atoms with van der Waals surface area (Å²) in [5, 5.41) is 9.09. The average Bonchev–Trinajstić information content (AvgIpc) is 2.32. The van der Waals surface area contributed by atoms with Crippen molar-refractivity contribution < 1.29 is 9.52 Å². The number of hydrogen-bond acceptors (Lipinski definition) is 4. The first kappa shape index (κ1) is 12.8. The van der Waals surface area contributed by atoms with Crippen LogP contribution in [0.2, 0.25) is 0 Å². The summed E-state index contributed by atoms with van der Waals surface area (Å²) in [5.41, 5.74) is 2.03. The van der Waals surface area contributed by atoms with Crippen LogP contribution in [0, 0.1) is 13.8 Å². The summed E-state index contributed by atoms with van der Waals surface area (Å²) >= 11 is 1.61. The molecule has 2 rings (SSSR count). The molecule has 0 saturated heterocycles. The fraction of sp³-hybridized carbons (Fsp3) is 0.214. The van der Waals surface area contributed by atoms with Gasteiger partial charge < -0.3 is 9.52 Å². The molecule has 0 atom stereocenters. The first-order chi connectivity index (χ1) is 8.56. The molecule has 4 heteroatoms. The van der Waals surface area contributed by atoms with Gasteiger partial charge in [-0.2, -0.15) is 0 Å². The lowest BCUT2D eigenvalue weighted by Gasteiger charge is -2.06. The molecule has 0 saturated carbocycles. The predicted octanol–water partition coefficient (Wildman–Crippen LogP) is 3.25. The number of aryl methyl sites for hydroxylation is 2. The Balaban J connectivity index is 2.11. The maximum atomic E-state index is 11.2. The third-order valence-electron chi connectivity index (χ3n) is 2.57. The Kier molecular flexibility index (Phi) is 3.77. The van der Waals surface area contributed by atoms with Crippen LogP contribution in [0.1, 0.15) is 16.9 Å². The van der Waals surface area contributed by atoms with Crippen molar-refractivity contribution >= 4 is 11.8 Å². The molecule has 0 aliphatic heterocycles. The highest BCUT2D eigenvalue weighted by atomic mass is 32.2. The highest BCUT2D eigenvalue weighted by Crippen LogP contribution is 2.26. The number of aromatic hydroxyl groups is 1. The molecular weight excluding hydrogens is 248 g/mol. The number of thioether (sulfide) groups is 1. The zero-order valence-electron chi connectivity index (χ0n) is 10.3. The molecule has 0 amide bonds. The minimum atomic E-state index is -0.405. The lowest BCUT2D eigenvalue weighted by atomic mass is 10.2. The fourth-order valence-electron chi connectivity index (χ4n) is 1.63. The SMILES string of the molecule is Cc1ccc(SCc2cc(=O)c(O)co2)c(C)c1. The van der Waals surface area contributed by atoms with Gasteiger partial charge in [-0.1, -0.05) is 17.7 Å². The van der Waals surface area contributed by atoms with Crippen LogP contribution in [0.3, 0.4) is 0 Å². The molecule has 0 radical (unpaired) electrons. The smallest absolute Gasteiger partial charge is 0.226 e. The maximum absolute atomic E-state index is 11.2. The van der Waals surface area contributed by atoms with Crippen molar-refractivity contribution in [2.75, 3.05) is 0 Å². The van der Waals surface area contributed by atoms with E-state index in [-0.39, 0.29) is 5.75 Å². The van der Waals surface area contributed by atoms with E-state index in [4.69, 9.17) is 9.52 Å². The molecule has 1 N–H and O–H groups in total. The third-order valence-corrected chi connectivity index (χ3v) is 3.76. The number of hydrogen-bond donors (Lipinski definition) is 1. The molecule has 0 spiro atoms. The Morgan fingerprint density at radius 3 is 2.72 bits per heavy atom. The van der Waals surface area contributed by atoms with Gasteiger partial charge in [0.2, 0.25) is 5.43 Å². The van der Waals surface area contributed by atoms with Gasteiger partial charge in [-0.15, -0.1) is 11.8 Å². The van der Waals surface area contributed by atoms with Crippen LogP contribution in [-0.4, -0.2) is 5.11 Å². The summed E-state index contributed by atoms with van der Waals surface area (Å²) < 4.78 is 5.15. The van der Waals surface area contributed by atoms with Gasteiger partial charge in [0.25, 0.3) is 0 Å². The zero-order valence-corrected chi connectivity index (χ0v) is 11.1.